The van der Waals surface area contributed by atoms with Crippen molar-refractivity contribution < 1.29 is 9.32 Å². The number of carbonyl (C=O) groups is 1. The summed E-state index contributed by atoms with van der Waals surface area (Å²) in [6.45, 7) is 2.09. The highest BCUT2D eigenvalue weighted by Crippen LogP contribution is 2.23. The number of benzene rings is 1. The van der Waals surface area contributed by atoms with Gasteiger partial charge in [-0.1, -0.05) is 33.2 Å². The molecule has 6 nitrogen and oxygen atoms in total. The fraction of sp³-hybridized carbons (Fsp3) is 0.308. The number of aryl methyl sites for hydroxylation is 1. The van der Waals surface area contributed by atoms with Crippen molar-refractivity contribution in [3.63, 3.8) is 0 Å². The summed E-state index contributed by atoms with van der Waals surface area (Å²) >= 11 is 3.39. The first-order chi connectivity index (χ1) is 9.47. The zero-order valence-electron chi connectivity index (χ0n) is 11.2. The molecule has 0 unspecified atom stereocenters. The Kier molecular flexibility index (Phi) is 4.51. The van der Waals surface area contributed by atoms with Gasteiger partial charge in [0.05, 0.1) is 6.54 Å². The number of hydrogen-bond donors (Lipinski definition) is 1. The zero-order chi connectivity index (χ0) is 14.7. The number of rotatable bonds is 5. The van der Waals surface area contributed by atoms with Crippen LogP contribution < -0.4 is 5.73 Å². The normalized spacial score (nSPS) is 12.6. The lowest BCUT2D eigenvalue weighted by atomic mass is 10.1. The molecule has 2 N–H and O–H groups in total. The van der Waals surface area contributed by atoms with Crippen molar-refractivity contribution in [3.8, 4) is 0 Å². The minimum atomic E-state index is -0.556. The van der Waals surface area contributed by atoms with Crippen molar-refractivity contribution >= 4 is 21.8 Å². The molecule has 1 heterocycles. The Morgan fingerprint density at radius 2 is 2.30 bits per heavy atom. The number of hydrogen-bond acceptors (Lipinski definition) is 5. The molecule has 2 rings (SSSR count). The van der Waals surface area contributed by atoms with E-state index >= 15 is 0 Å². The van der Waals surface area contributed by atoms with Crippen LogP contribution in [0.15, 0.2) is 33.3 Å². The molecule has 0 aliphatic rings. The average molecular weight is 339 g/mol. The van der Waals surface area contributed by atoms with Gasteiger partial charge < -0.3 is 10.3 Å². The number of amides is 1. The Morgan fingerprint density at radius 3 is 2.85 bits per heavy atom. The lowest BCUT2D eigenvalue weighted by Gasteiger charge is -2.24. The van der Waals surface area contributed by atoms with Crippen molar-refractivity contribution in [3.05, 3.63) is 46.0 Å². The molecule has 1 aromatic heterocycles. The largest absolute Gasteiger partial charge is 0.368 e. The van der Waals surface area contributed by atoms with Gasteiger partial charge in [0.15, 0.2) is 5.82 Å². The third kappa shape index (κ3) is 3.43. The number of primary amides is 1. The van der Waals surface area contributed by atoms with Gasteiger partial charge in [-0.25, -0.2) is 0 Å². The molecule has 0 saturated heterocycles. The minimum Gasteiger partial charge on any atom is -0.368 e. The van der Waals surface area contributed by atoms with E-state index in [1.165, 1.54) is 0 Å². The van der Waals surface area contributed by atoms with Gasteiger partial charge >= 0.3 is 0 Å². The van der Waals surface area contributed by atoms with Crippen molar-refractivity contribution in [1.29, 1.82) is 0 Å². The Balaban J connectivity index is 2.22. The van der Waals surface area contributed by atoms with Crippen LogP contribution in [0.2, 0.25) is 0 Å². The molecule has 0 spiro atoms. The van der Waals surface area contributed by atoms with E-state index in [9.17, 15) is 4.79 Å². The molecule has 1 aromatic carbocycles. The summed E-state index contributed by atoms with van der Waals surface area (Å²) in [6.07, 6.45) is 0. The van der Waals surface area contributed by atoms with Crippen LogP contribution in [0.1, 0.15) is 23.3 Å². The molecule has 106 valence electrons. The molecule has 0 aliphatic carbocycles. The maximum atomic E-state index is 11.7. The topological polar surface area (TPSA) is 85.3 Å². The number of carbonyl (C=O) groups excluding carboxylic acids is 1. The van der Waals surface area contributed by atoms with Crippen LogP contribution >= 0.6 is 15.9 Å². The highest BCUT2D eigenvalue weighted by atomic mass is 79.9. The molecule has 20 heavy (non-hydrogen) atoms. The number of nitrogens with two attached hydrogens (primary N) is 1. The minimum absolute atomic E-state index is 0.348. The molecule has 1 amide bonds. The molecule has 2 aromatic rings. The van der Waals surface area contributed by atoms with Crippen LogP contribution in [0.3, 0.4) is 0 Å². The van der Waals surface area contributed by atoms with Gasteiger partial charge in [-0.3, -0.25) is 9.69 Å². The molecule has 0 bridgehead atoms. The average Bonchev–Trinajstić information content (AvgIpc) is 2.74. The van der Waals surface area contributed by atoms with E-state index in [0.717, 1.165) is 10.0 Å². The number of nitrogens with zero attached hydrogens (tertiary/aromatic N) is 3. The summed E-state index contributed by atoms with van der Waals surface area (Å²) in [5.74, 6) is 0.583. The Hall–Kier alpha value is -1.73. The van der Waals surface area contributed by atoms with Crippen molar-refractivity contribution in [1.82, 2.24) is 15.0 Å². The smallest absolute Gasteiger partial charge is 0.240 e. The van der Waals surface area contributed by atoms with Gasteiger partial charge in [0.25, 0.3) is 0 Å². The van der Waals surface area contributed by atoms with Gasteiger partial charge in [0.2, 0.25) is 11.8 Å². The van der Waals surface area contributed by atoms with Crippen LogP contribution in [0, 0.1) is 6.92 Å². The predicted molar refractivity (Wildman–Crippen MR) is 76.6 cm³/mol. The third-order valence-electron chi connectivity index (χ3n) is 2.83. The molecule has 7 heteroatoms. The second-order valence-electron chi connectivity index (χ2n) is 4.51. The van der Waals surface area contributed by atoms with Crippen molar-refractivity contribution in [2.24, 2.45) is 5.73 Å². The van der Waals surface area contributed by atoms with E-state index < -0.39 is 11.9 Å². The maximum absolute atomic E-state index is 11.7. The van der Waals surface area contributed by atoms with Crippen molar-refractivity contribution in [2.75, 3.05) is 7.05 Å². The zero-order valence-corrected chi connectivity index (χ0v) is 12.8. The standard InChI is InChI=1S/C13H15BrN4O2/c1-8-16-11(20-17-8)7-18(2)12(13(15)19)9-4-3-5-10(14)6-9/h3-6,12H,7H2,1-2H3,(H2,15,19)/t12-/m0/s1. The summed E-state index contributed by atoms with van der Waals surface area (Å²) < 4.78 is 5.95. The van der Waals surface area contributed by atoms with E-state index in [4.69, 9.17) is 10.3 Å². The number of aromatic nitrogens is 2. The van der Waals surface area contributed by atoms with Gasteiger partial charge in [-0.15, -0.1) is 0 Å². The lowest BCUT2D eigenvalue weighted by molar-refractivity contribution is -0.123. The lowest BCUT2D eigenvalue weighted by Crippen LogP contribution is -2.35. The summed E-state index contributed by atoms with van der Waals surface area (Å²) in [5.41, 5.74) is 6.33. The van der Waals surface area contributed by atoms with Crippen LogP contribution in [-0.4, -0.2) is 28.0 Å². The van der Waals surface area contributed by atoms with E-state index in [1.54, 1.807) is 18.9 Å². The maximum Gasteiger partial charge on any atom is 0.240 e. The summed E-state index contributed by atoms with van der Waals surface area (Å²) in [5, 5.41) is 3.72. The second kappa shape index (κ2) is 6.15. The van der Waals surface area contributed by atoms with Crippen molar-refractivity contribution in [2.45, 2.75) is 19.5 Å². The Bertz CT molecular complexity index is 614. The van der Waals surface area contributed by atoms with Gasteiger partial charge in [0.1, 0.15) is 6.04 Å². The van der Waals surface area contributed by atoms with E-state index in [2.05, 4.69) is 26.1 Å². The highest BCUT2D eigenvalue weighted by molar-refractivity contribution is 9.10. The first-order valence-corrected chi connectivity index (χ1v) is 6.81. The quantitative estimate of drug-likeness (QED) is 0.898. The van der Waals surface area contributed by atoms with E-state index in [1.807, 2.05) is 24.3 Å². The van der Waals surface area contributed by atoms with Crippen LogP contribution in [0.25, 0.3) is 0 Å². The first-order valence-electron chi connectivity index (χ1n) is 6.01. The van der Waals surface area contributed by atoms with Crippen LogP contribution in [0.5, 0.6) is 0 Å². The fourth-order valence-electron chi connectivity index (χ4n) is 2.02. The fourth-order valence-corrected chi connectivity index (χ4v) is 2.44. The summed E-state index contributed by atoms with van der Waals surface area (Å²) in [4.78, 5) is 17.6. The van der Waals surface area contributed by atoms with E-state index in [-0.39, 0.29) is 0 Å². The highest BCUT2D eigenvalue weighted by Gasteiger charge is 2.24. The third-order valence-corrected chi connectivity index (χ3v) is 3.32. The molecular formula is C13H15BrN4O2. The number of halogens is 1. The SMILES string of the molecule is Cc1noc(CN(C)[C@H](C(N)=O)c2cccc(Br)c2)n1. The predicted octanol–water partition coefficient (Wildman–Crippen LogP) is 1.80. The molecule has 1 atom stereocenters. The molecule has 0 saturated carbocycles. The number of likely N-dealkylation sites (N-methyl/N-ethyl adjacent to an activating group) is 1. The molecular weight excluding hydrogens is 324 g/mol. The van der Waals surface area contributed by atoms with Gasteiger partial charge in [-0.05, 0) is 31.7 Å². The first kappa shape index (κ1) is 14.7. The second-order valence-corrected chi connectivity index (χ2v) is 5.43. The molecule has 0 aliphatic heterocycles. The summed E-state index contributed by atoms with van der Waals surface area (Å²) in [6, 6.07) is 6.92. The monoisotopic (exact) mass is 338 g/mol. The van der Waals surface area contributed by atoms with E-state index in [0.29, 0.717) is 18.3 Å². The van der Waals surface area contributed by atoms with Gasteiger partial charge in [0, 0.05) is 4.47 Å². The molecule has 0 fully saturated rings. The van der Waals surface area contributed by atoms with Crippen LogP contribution in [0.4, 0.5) is 0 Å². The Labute approximate surface area is 125 Å². The van der Waals surface area contributed by atoms with Gasteiger partial charge in [-0.2, -0.15) is 4.98 Å². The molecule has 0 radical (unpaired) electrons. The summed E-state index contributed by atoms with van der Waals surface area (Å²) in [7, 11) is 1.79. The van der Waals surface area contributed by atoms with Crippen LogP contribution in [-0.2, 0) is 11.3 Å². The Morgan fingerprint density at radius 1 is 1.55 bits per heavy atom.